The third-order valence-corrected chi connectivity index (χ3v) is 10.8. The Hall–Kier alpha value is -1.42. The van der Waals surface area contributed by atoms with Crippen molar-refractivity contribution in [1.29, 1.82) is 0 Å². The molecule has 0 aliphatic heterocycles. The van der Waals surface area contributed by atoms with Crippen molar-refractivity contribution in [1.82, 2.24) is 16.0 Å². The Labute approximate surface area is 266 Å². The fourth-order valence-corrected chi connectivity index (χ4v) is 9.09. The highest BCUT2D eigenvalue weighted by Gasteiger charge is 2.51. The number of hydrogen-bond acceptors (Lipinski definition) is 3. The zero-order valence-electron chi connectivity index (χ0n) is 28.5. The molecule has 43 heavy (non-hydrogen) atoms. The zero-order chi connectivity index (χ0) is 30.6. The second-order valence-electron chi connectivity index (χ2n) is 16.2. The van der Waals surface area contributed by atoms with Crippen molar-refractivity contribution in [2.24, 2.45) is 23.7 Å². The molecule has 4 fully saturated rings. The molecule has 5 aliphatic rings. The largest absolute Gasteiger partial charge is 0.308 e. The van der Waals surface area contributed by atoms with Crippen molar-refractivity contribution in [3.05, 3.63) is 61.3 Å². The number of unbranched alkanes of at least 4 members (excludes halogenated alkanes) is 4. The summed E-state index contributed by atoms with van der Waals surface area (Å²) in [5.74, 6) is 3.83. The maximum atomic E-state index is 4.26. The van der Waals surface area contributed by atoms with Gasteiger partial charge in [0.1, 0.15) is 0 Å². The summed E-state index contributed by atoms with van der Waals surface area (Å²) in [6.07, 6.45) is 41.8. The van der Waals surface area contributed by atoms with E-state index in [0.717, 1.165) is 68.9 Å². The number of hydrogen-bond donors (Lipinski definition) is 3. The van der Waals surface area contributed by atoms with Crippen molar-refractivity contribution in [2.45, 2.75) is 153 Å². The van der Waals surface area contributed by atoms with Gasteiger partial charge < -0.3 is 16.0 Å². The van der Waals surface area contributed by atoms with Crippen molar-refractivity contribution >= 4 is 0 Å². The quantitative estimate of drug-likeness (QED) is 0.0977. The van der Waals surface area contributed by atoms with Gasteiger partial charge in [-0.15, -0.1) is 6.58 Å². The van der Waals surface area contributed by atoms with Crippen LogP contribution in [0.1, 0.15) is 130 Å². The Morgan fingerprint density at radius 1 is 0.721 bits per heavy atom. The highest BCUT2D eigenvalue weighted by molar-refractivity contribution is 5.11. The molecule has 242 valence electrons. The van der Waals surface area contributed by atoms with Gasteiger partial charge in [0.15, 0.2) is 0 Å². The maximum absolute atomic E-state index is 4.26. The van der Waals surface area contributed by atoms with Crippen LogP contribution in [-0.4, -0.2) is 35.7 Å². The topological polar surface area (TPSA) is 36.1 Å². The summed E-state index contributed by atoms with van der Waals surface area (Å²) in [5.41, 5.74) is 0.785. The van der Waals surface area contributed by atoms with Gasteiger partial charge in [-0.2, -0.15) is 0 Å². The molecule has 0 saturated heterocycles. The Bertz CT molecular complexity index is 915. The predicted molar refractivity (Wildman–Crippen MR) is 188 cm³/mol. The van der Waals surface area contributed by atoms with Crippen molar-refractivity contribution < 1.29 is 0 Å². The van der Waals surface area contributed by atoms with E-state index in [9.17, 15) is 0 Å². The summed E-state index contributed by atoms with van der Waals surface area (Å²) < 4.78 is 0. The lowest BCUT2D eigenvalue weighted by Crippen LogP contribution is -2.61. The molecule has 4 saturated carbocycles. The van der Waals surface area contributed by atoms with Crippen LogP contribution in [0.25, 0.3) is 0 Å². The van der Waals surface area contributed by atoms with Gasteiger partial charge in [-0.1, -0.05) is 54.7 Å². The summed E-state index contributed by atoms with van der Waals surface area (Å²) in [6.45, 7) is 15.1. The summed E-state index contributed by atoms with van der Waals surface area (Å²) in [7, 11) is 0. The molecule has 3 N–H and O–H groups in total. The van der Waals surface area contributed by atoms with Crippen molar-refractivity contribution in [3.63, 3.8) is 0 Å². The maximum Gasteiger partial charge on any atom is 0.0257 e. The zero-order valence-corrected chi connectivity index (χ0v) is 28.5. The van der Waals surface area contributed by atoms with Crippen LogP contribution in [-0.2, 0) is 0 Å². The van der Waals surface area contributed by atoms with E-state index < -0.39 is 0 Å². The summed E-state index contributed by atoms with van der Waals surface area (Å²) >= 11 is 0. The first-order valence-corrected chi connectivity index (χ1v) is 18.2. The van der Waals surface area contributed by atoms with Gasteiger partial charge in [0.05, 0.1) is 0 Å². The fourth-order valence-electron chi connectivity index (χ4n) is 9.09. The van der Waals surface area contributed by atoms with Crippen LogP contribution in [0.4, 0.5) is 0 Å². The highest BCUT2D eigenvalue weighted by Crippen LogP contribution is 2.56. The van der Waals surface area contributed by atoms with Crippen LogP contribution >= 0.6 is 0 Å². The smallest absolute Gasteiger partial charge is 0.0257 e. The van der Waals surface area contributed by atoms with E-state index in [1.165, 1.54) is 70.6 Å². The van der Waals surface area contributed by atoms with Gasteiger partial charge in [0, 0.05) is 35.7 Å². The monoisotopic (exact) mass is 590 g/mol. The van der Waals surface area contributed by atoms with Gasteiger partial charge >= 0.3 is 0 Å². The van der Waals surface area contributed by atoms with Crippen LogP contribution in [0, 0.1) is 23.7 Å². The fraction of sp³-hybridized carbons (Fsp3) is 0.750. The van der Waals surface area contributed by atoms with Crippen LogP contribution in [0.3, 0.4) is 0 Å². The molecule has 0 amide bonds. The minimum atomic E-state index is 0.139. The molecule has 2 atom stereocenters. The molecular weight excluding hydrogens is 522 g/mol. The molecule has 0 radical (unpaired) electrons. The molecule has 5 aliphatic carbocycles. The lowest BCUT2D eigenvalue weighted by Gasteiger charge is -2.58. The molecule has 0 aromatic rings. The minimum absolute atomic E-state index is 0.139. The molecule has 2 unspecified atom stereocenters. The minimum Gasteiger partial charge on any atom is -0.308 e. The van der Waals surface area contributed by atoms with E-state index in [1.807, 2.05) is 6.08 Å². The lowest BCUT2D eigenvalue weighted by molar-refractivity contribution is -0.0243. The van der Waals surface area contributed by atoms with Crippen LogP contribution in [0.2, 0.25) is 0 Å². The molecule has 0 spiro atoms. The van der Waals surface area contributed by atoms with E-state index in [2.05, 4.69) is 98.8 Å². The van der Waals surface area contributed by atoms with Crippen LogP contribution in [0.5, 0.6) is 0 Å². The summed E-state index contributed by atoms with van der Waals surface area (Å²) in [6, 6.07) is 0.585. The first kappa shape index (κ1) is 34.5. The van der Waals surface area contributed by atoms with E-state index in [1.54, 1.807) is 0 Å². The number of nitrogens with one attached hydrogen (secondary N) is 3. The standard InChI is InChI=1S/C40H67N3/c1-6-7-8-9-14-17-23-41-38(2,3)22-16-13-11-10-12-15-18-24-42-39(4,5)29-33-20-19-21-37(28-33)43-40-30-34-25-35(31-40)27-36(26-34)32-40/h6,13-19,21,33-37,41-43H,1,7-12,20,22-32H2,2-5H3. The molecule has 0 heterocycles. The summed E-state index contributed by atoms with van der Waals surface area (Å²) in [4.78, 5) is 0. The van der Waals surface area contributed by atoms with E-state index in [0.29, 0.717) is 11.6 Å². The summed E-state index contributed by atoms with van der Waals surface area (Å²) in [5, 5.41) is 11.8. The first-order chi connectivity index (χ1) is 20.7. The van der Waals surface area contributed by atoms with Crippen LogP contribution < -0.4 is 16.0 Å². The van der Waals surface area contributed by atoms with Gasteiger partial charge in [0.25, 0.3) is 0 Å². The highest BCUT2D eigenvalue weighted by atomic mass is 15.0. The third-order valence-electron chi connectivity index (χ3n) is 10.8. The van der Waals surface area contributed by atoms with Crippen LogP contribution in [0.15, 0.2) is 61.3 Å². The molecule has 3 heteroatoms. The van der Waals surface area contributed by atoms with Crippen molar-refractivity contribution in [3.8, 4) is 0 Å². The Kier molecular flexibility index (Phi) is 13.4. The van der Waals surface area contributed by atoms with E-state index in [4.69, 9.17) is 0 Å². The van der Waals surface area contributed by atoms with E-state index in [-0.39, 0.29) is 11.1 Å². The van der Waals surface area contributed by atoms with Gasteiger partial charge in [0.2, 0.25) is 0 Å². The Morgan fingerprint density at radius 3 is 1.88 bits per heavy atom. The Morgan fingerprint density at radius 2 is 1.28 bits per heavy atom. The third kappa shape index (κ3) is 12.1. The lowest BCUT2D eigenvalue weighted by atomic mass is 9.53. The van der Waals surface area contributed by atoms with E-state index >= 15 is 0 Å². The second-order valence-corrected chi connectivity index (χ2v) is 16.2. The van der Waals surface area contributed by atoms with Crippen molar-refractivity contribution in [2.75, 3.05) is 13.1 Å². The molecule has 4 bridgehead atoms. The average Bonchev–Trinajstić information content (AvgIpc) is 2.92. The molecular formula is C40H67N3. The number of allylic oxidation sites excluding steroid dienone is 5. The van der Waals surface area contributed by atoms with Gasteiger partial charge in [-0.05, 0) is 154 Å². The SMILES string of the molecule is C=CCCCC=CCNC(C)(C)CC=CCCCC=CCNC(C)(C)CC1CC=CC(NC23CC4CC(CC(C4)C2)C3)C1. The molecule has 5 rings (SSSR count). The molecule has 0 aromatic heterocycles. The second kappa shape index (κ2) is 16.8. The predicted octanol–water partition coefficient (Wildman–Crippen LogP) is 9.59. The average molecular weight is 590 g/mol. The number of rotatable bonds is 20. The molecule has 0 aromatic carbocycles. The first-order valence-electron chi connectivity index (χ1n) is 18.2. The van der Waals surface area contributed by atoms with Gasteiger partial charge in [-0.25, -0.2) is 0 Å². The Balaban J connectivity index is 1.04. The molecule has 3 nitrogen and oxygen atoms in total. The normalized spacial score (nSPS) is 30.8. The van der Waals surface area contributed by atoms with Gasteiger partial charge in [-0.3, -0.25) is 0 Å².